The van der Waals surface area contributed by atoms with E-state index in [-0.39, 0.29) is 16.1 Å². The van der Waals surface area contributed by atoms with Gasteiger partial charge in [-0.05, 0) is 55.8 Å². The van der Waals surface area contributed by atoms with Crippen LogP contribution in [-0.4, -0.2) is 51.4 Å². The van der Waals surface area contributed by atoms with E-state index in [1.54, 1.807) is 18.2 Å². The van der Waals surface area contributed by atoms with Crippen LogP contribution >= 0.6 is 0 Å². The van der Waals surface area contributed by atoms with Crippen LogP contribution in [0.1, 0.15) is 22.8 Å². The first-order valence-electron chi connectivity index (χ1n) is 8.91. The topological polar surface area (TPSA) is 172 Å². The third-order valence-corrected chi connectivity index (χ3v) is 6.13. The summed E-state index contributed by atoms with van der Waals surface area (Å²) >= 11 is 0. The number of nitrogens with zero attached hydrogens (tertiary/aromatic N) is 2. The second kappa shape index (κ2) is 9.96. The fraction of sp³-hybridized carbons (Fsp3) is 0.278. The van der Waals surface area contributed by atoms with E-state index >= 15 is 0 Å². The average Bonchev–Trinajstić information content (AvgIpc) is 2.66. The fourth-order valence-corrected chi connectivity index (χ4v) is 4.05. The van der Waals surface area contributed by atoms with Gasteiger partial charge in [0.1, 0.15) is 5.69 Å². The van der Waals surface area contributed by atoms with Gasteiger partial charge in [-0.1, -0.05) is 0 Å². The van der Waals surface area contributed by atoms with Crippen LogP contribution in [0.4, 0.5) is 17.1 Å². The Bertz CT molecular complexity index is 1210. The number of nitrogens with one attached hydrogen (secondary N) is 1. The summed E-state index contributed by atoms with van der Waals surface area (Å²) < 4.78 is 58.5. The molecule has 2 aromatic rings. The van der Waals surface area contributed by atoms with Gasteiger partial charge in [-0.2, -0.15) is 13.5 Å². The van der Waals surface area contributed by atoms with E-state index in [1.807, 2.05) is 13.8 Å². The molecule has 0 saturated carbocycles. The zero-order valence-corrected chi connectivity index (χ0v) is 18.3. The summed E-state index contributed by atoms with van der Waals surface area (Å²) in [6.45, 7) is 3.74. The summed E-state index contributed by atoms with van der Waals surface area (Å²) in [4.78, 5) is 11.2. The zero-order valence-electron chi connectivity index (χ0n) is 16.6. The molecule has 0 aromatic heterocycles. The SMILES string of the molecule is CCNc1ccc(N=Nc2cc(S(=O)(=O)CCOS(=O)(=O)O)ccc2C(=O)O)cc1C. The van der Waals surface area contributed by atoms with Crippen LogP contribution in [0.3, 0.4) is 0 Å². The molecule has 0 heterocycles. The van der Waals surface area contributed by atoms with E-state index in [1.165, 1.54) is 0 Å². The first kappa shape index (κ1) is 24.4. The van der Waals surface area contributed by atoms with Gasteiger partial charge in [0.25, 0.3) is 0 Å². The van der Waals surface area contributed by atoms with Crippen molar-refractivity contribution in [2.24, 2.45) is 10.2 Å². The van der Waals surface area contributed by atoms with Gasteiger partial charge in [-0.25, -0.2) is 17.4 Å². The van der Waals surface area contributed by atoms with Crippen LogP contribution in [0.2, 0.25) is 0 Å². The molecule has 0 radical (unpaired) electrons. The smallest absolute Gasteiger partial charge is 0.397 e. The van der Waals surface area contributed by atoms with Gasteiger partial charge < -0.3 is 10.4 Å². The van der Waals surface area contributed by atoms with E-state index in [4.69, 9.17) is 4.55 Å². The Morgan fingerprint density at radius 3 is 2.39 bits per heavy atom. The van der Waals surface area contributed by atoms with Crippen molar-refractivity contribution < 1.29 is 35.5 Å². The summed E-state index contributed by atoms with van der Waals surface area (Å²) in [5, 5.41) is 20.4. The van der Waals surface area contributed by atoms with E-state index < -0.39 is 38.6 Å². The van der Waals surface area contributed by atoms with Crippen molar-refractivity contribution in [2.75, 3.05) is 24.2 Å². The average molecular weight is 472 g/mol. The molecular weight excluding hydrogens is 450 g/mol. The van der Waals surface area contributed by atoms with Crippen LogP contribution < -0.4 is 5.32 Å². The summed E-state index contributed by atoms with van der Waals surface area (Å²) in [6, 6.07) is 8.34. The van der Waals surface area contributed by atoms with E-state index in [2.05, 4.69) is 19.7 Å². The number of anilines is 1. The number of azo groups is 1. The van der Waals surface area contributed by atoms with Crippen molar-refractivity contribution in [3.63, 3.8) is 0 Å². The van der Waals surface area contributed by atoms with Crippen LogP contribution in [0.15, 0.2) is 51.5 Å². The number of aromatic carboxylic acids is 1. The molecule has 0 unspecified atom stereocenters. The van der Waals surface area contributed by atoms with Gasteiger partial charge in [0.2, 0.25) is 0 Å². The summed E-state index contributed by atoms with van der Waals surface area (Å²) in [5.41, 5.74) is 1.78. The maximum atomic E-state index is 12.4. The number of benzene rings is 2. The molecule has 2 rings (SSSR count). The van der Waals surface area contributed by atoms with Crippen molar-refractivity contribution in [2.45, 2.75) is 18.7 Å². The lowest BCUT2D eigenvalue weighted by molar-refractivity contribution is 0.0697. The Labute approximate surface area is 179 Å². The first-order chi connectivity index (χ1) is 14.4. The molecule has 168 valence electrons. The molecule has 0 amide bonds. The van der Waals surface area contributed by atoms with Crippen LogP contribution in [0.25, 0.3) is 0 Å². The van der Waals surface area contributed by atoms with E-state index in [0.29, 0.717) is 5.69 Å². The van der Waals surface area contributed by atoms with Crippen molar-refractivity contribution >= 4 is 43.3 Å². The lowest BCUT2D eigenvalue weighted by Gasteiger charge is -2.08. The molecule has 0 aliphatic carbocycles. The fourth-order valence-electron chi connectivity index (χ4n) is 2.55. The molecule has 2 aromatic carbocycles. The zero-order chi connectivity index (χ0) is 23.2. The number of sulfone groups is 1. The molecule has 0 saturated heterocycles. The molecule has 11 nitrogen and oxygen atoms in total. The van der Waals surface area contributed by atoms with Gasteiger partial charge >= 0.3 is 16.4 Å². The Morgan fingerprint density at radius 1 is 1.10 bits per heavy atom. The predicted molar refractivity (Wildman–Crippen MR) is 112 cm³/mol. The second-order valence-corrected chi connectivity index (χ2v) is 9.48. The maximum Gasteiger partial charge on any atom is 0.397 e. The molecule has 0 atom stereocenters. The van der Waals surface area contributed by atoms with E-state index in [0.717, 1.165) is 36.0 Å². The Kier molecular flexibility index (Phi) is 7.84. The quantitative estimate of drug-likeness (QED) is 0.347. The highest BCUT2D eigenvalue weighted by atomic mass is 32.3. The highest BCUT2D eigenvalue weighted by molar-refractivity contribution is 7.91. The van der Waals surface area contributed by atoms with Crippen LogP contribution in [0.5, 0.6) is 0 Å². The number of carbonyl (C=O) groups is 1. The molecule has 0 bridgehead atoms. The van der Waals surface area contributed by atoms with Crippen molar-refractivity contribution in [1.29, 1.82) is 0 Å². The summed E-state index contributed by atoms with van der Waals surface area (Å²) in [7, 11) is -8.84. The van der Waals surface area contributed by atoms with Gasteiger partial charge in [-0.15, -0.1) is 5.11 Å². The highest BCUT2D eigenvalue weighted by Gasteiger charge is 2.20. The number of carboxylic acid groups (broad SMARTS) is 1. The number of carboxylic acids is 1. The van der Waals surface area contributed by atoms with Crippen molar-refractivity contribution in [1.82, 2.24) is 0 Å². The molecular formula is C18H21N3O8S2. The van der Waals surface area contributed by atoms with Gasteiger partial charge in [0.15, 0.2) is 9.84 Å². The lowest BCUT2D eigenvalue weighted by Crippen LogP contribution is -2.15. The highest BCUT2D eigenvalue weighted by Crippen LogP contribution is 2.28. The Morgan fingerprint density at radius 2 is 1.81 bits per heavy atom. The minimum absolute atomic E-state index is 0.197. The number of hydrogen-bond acceptors (Lipinski definition) is 9. The second-order valence-electron chi connectivity index (χ2n) is 6.28. The molecule has 0 fully saturated rings. The minimum Gasteiger partial charge on any atom is -0.478 e. The maximum absolute atomic E-state index is 12.4. The van der Waals surface area contributed by atoms with Gasteiger partial charge in [0.05, 0.1) is 28.5 Å². The summed E-state index contributed by atoms with van der Waals surface area (Å²) in [5.74, 6) is -2.09. The van der Waals surface area contributed by atoms with Crippen molar-refractivity contribution in [3.8, 4) is 0 Å². The third kappa shape index (κ3) is 7.10. The molecule has 0 aliphatic heterocycles. The van der Waals surface area contributed by atoms with Crippen LogP contribution in [-0.2, 0) is 24.4 Å². The Balaban J connectivity index is 2.35. The number of aryl methyl sites for hydroxylation is 1. The molecule has 0 aliphatic rings. The molecule has 13 heteroatoms. The Hall–Kier alpha value is -2.87. The van der Waals surface area contributed by atoms with Gasteiger partial charge in [0, 0.05) is 12.2 Å². The molecule has 31 heavy (non-hydrogen) atoms. The number of rotatable bonds is 10. The molecule has 3 N–H and O–H groups in total. The standard InChI is InChI=1S/C18H21N3O8S2/c1-3-19-16-7-4-13(10-12(16)2)20-21-17-11-14(5-6-15(17)18(22)23)30(24,25)9-8-29-31(26,27)28/h4-7,10-11,19H,3,8-9H2,1-2H3,(H,22,23)(H,26,27,28). The normalized spacial score (nSPS) is 12.2. The minimum atomic E-state index is -4.78. The van der Waals surface area contributed by atoms with Crippen LogP contribution in [0, 0.1) is 6.92 Å². The first-order valence-corrected chi connectivity index (χ1v) is 11.9. The van der Waals surface area contributed by atoms with E-state index in [9.17, 15) is 26.7 Å². The molecule has 0 spiro atoms. The summed E-state index contributed by atoms with van der Waals surface area (Å²) in [6.07, 6.45) is 0. The number of hydrogen-bond donors (Lipinski definition) is 3. The third-order valence-electron chi connectivity index (χ3n) is 3.99. The van der Waals surface area contributed by atoms with Crippen molar-refractivity contribution in [3.05, 3.63) is 47.5 Å². The largest absolute Gasteiger partial charge is 0.478 e. The predicted octanol–water partition coefficient (Wildman–Crippen LogP) is 3.13. The monoisotopic (exact) mass is 471 g/mol. The van der Waals surface area contributed by atoms with Gasteiger partial charge in [-0.3, -0.25) is 4.55 Å². The lowest BCUT2D eigenvalue weighted by atomic mass is 10.2.